The highest BCUT2D eigenvalue weighted by atomic mass is 35.5. The maximum absolute atomic E-state index is 13.7. The molecule has 1 amide bonds. The second-order valence-corrected chi connectivity index (χ2v) is 6.16. The van der Waals surface area contributed by atoms with Crippen LogP contribution in [-0.2, 0) is 11.2 Å². The number of amides is 1. The Labute approximate surface area is 165 Å². The first-order valence-electron chi connectivity index (χ1n) is 8.36. The van der Waals surface area contributed by atoms with Crippen LogP contribution in [0, 0.1) is 5.82 Å². The van der Waals surface area contributed by atoms with Gasteiger partial charge in [-0.15, -0.1) is 24.8 Å². The lowest BCUT2D eigenvalue weighted by molar-refractivity contribution is -0.122. The first-order chi connectivity index (χ1) is 11.6. The molecule has 2 heterocycles. The zero-order chi connectivity index (χ0) is 16.9. The smallest absolute Gasteiger partial charge is 0.220 e. The van der Waals surface area contributed by atoms with E-state index in [1.54, 1.807) is 18.2 Å². The minimum Gasteiger partial charge on any atom is -0.441 e. The maximum Gasteiger partial charge on any atom is 0.220 e. The van der Waals surface area contributed by atoms with E-state index in [-0.39, 0.29) is 48.6 Å². The van der Waals surface area contributed by atoms with Gasteiger partial charge in [0, 0.05) is 24.9 Å². The number of halogens is 3. The normalized spacial score (nSPS) is 19.2. The Morgan fingerprint density at radius 3 is 2.88 bits per heavy atom. The minimum atomic E-state index is -0.350. The van der Waals surface area contributed by atoms with Crippen LogP contribution >= 0.6 is 24.8 Å². The first kappa shape index (κ1) is 22.4. The van der Waals surface area contributed by atoms with Crippen molar-refractivity contribution in [1.29, 1.82) is 0 Å². The molecule has 2 N–H and O–H groups in total. The Morgan fingerprint density at radius 2 is 2.15 bits per heavy atom. The summed E-state index contributed by atoms with van der Waals surface area (Å²) < 4.78 is 19.3. The highest BCUT2D eigenvalue weighted by Gasteiger charge is 2.22. The van der Waals surface area contributed by atoms with Gasteiger partial charge in [0.2, 0.25) is 5.91 Å². The van der Waals surface area contributed by atoms with E-state index >= 15 is 0 Å². The lowest BCUT2D eigenvalue weighted by Gasteiger charge is -2.30. The number of carbonyl (C=O) groups excluding carboxylic acids is 1. The average Bonchev–Trinajstić information content (AvgIpc) is 3.04. The Hall–Kier alpha value is -1.63. The molecule has 0 spiro atoms. The summed E-state index contributed by atoms with van der Waals surface area (Å²) in [6.45, 7) is 3.08. The van der Waals surface area contributed by atoms with Crippen molar-refractivity contribution in [1.82, 2.24) is 15.6 Å². The van der Waals surface area contributed by atoms with E-state index in [1.807, 2.05) is 0 Å². The molecule has 1 aromatic heterocycles. The van der Waals surface area contributed by atoms with Gasteiger partial charge < -0.3 is 15.1 Å². The summed E-state index contributed by atoms with van der Waals surface area (Å²) in [6.07, 6.45) is 4.27. The molecule has 1 aromatic carbocycles. The van der Waals surface area contributed by atoms with Crippen molar-refractivity contribution in [2.24, 2.45) is 0 Å². The molecule has 26 heavy (non-hydrogen) atoms. The molecule has 2 aromatic rings. The van der Waals surface area contributed by atoms with Crippen molar-refractivity contribution in [2.45, 2.75) is 44.7 Å². The summed E-state index contributed by atoms with van der Waals surface area (Å²) in [5.74, 6) is 0.463. The van der Waals surface area contributed by atoms with Crippen LogP contribution in [0.15, 0.2) is 34.9 Å². The van der Waals surface area contributed by atoms with Crippen LogP contribution in [0.3, 0.4) is 0 Å². The lowest BCUT2D eigenvalue weighted by Crippen LogP contribution is -2.51. The van der Waals surface area contributed by atoms with Crippen molar-refractivity contribution >= 4 is 30.7 Å². The van der Waals surface area contributed by atoms with Crippen molar-refractivity contribution in [3.8, 4) is 11.3 Å². The molecule has 0 radical (unpaired) electrons. The number of nitrogens with zero attached hydrogens (tertiary/aromatic N) is 1. The lowest BCUT2D eigenvalue weighted by atomic mass is 10.00. The van der Waals surface area contributed by atoms with Crippen LogP contribution in [0.1, 0.15) is 32.1 Å². The third-order valence-corrected chi connectivity index (χ3v) is 4.37. The van der Waals surface area contributed by atoms with Gasteiger partial charge in [0.05, 0.1) is 11.8 Å². The molecular weight excluding hydrogens is 380 g/mol. The average molecular weight is 404 g/mol. The summed E-state index contributed by atoms with van der Waals surface area (Å²) >= 11 is 0. The van der Waals surface area contributed by atoms with Crippen molar-refractivity contribution < 1.29 is 13.6 Å². The zero-order valence-electron chi connectivity index (χ0n) is 14.5. The number of aryl methyl sites for hydroxylation is 1. The summed E-state index contributed by atoms with van der Waals surface area (Å²) in [4.78, 5) is 16.2. The van der Waals surface area contributed by atoms with Crippen molar-refractivity contribution in [3.63, 3.8) is 0 Å². The van der Waals surface area contributed by atoms with Crippen molar-refractivity contribution in [2.75, 3.05) is 6.54 Å². The highest BCUT2D eigenvalue weighted by Crippen LogP contribution is 2.23. The SMILES string of the molecule is CC1NCCCC1NC(=O)CCc1ncc(-c2ccccc2F)o1.Cl.Cl. The standard InChI is InChI=1S/C18H22FN3O2.2ClH/c1-12-15(7-4-10-20-12)22-17(23)8-9-18-21-11-16(24-18)13-5-2-3-6-14(13)19;;/h2-3,5-6,11-12,15,20H,4,7-10H2,1H3,(H,22,23);2*1H. The molecule has 0 saturated carbocycles. The van der Waals surface area contributed by atoms with Gasteiger partial charge in [-0.2, -0.15) is 0 Å². The van der Waals surface area contributed by atoms with E-state index in [9.17, 15) is 9.18 Å². The number of rotatable bonds is 5. The molecule has 1 fully saturated rings. The van der Waals surface area contributed by atoms with Gasteiger partial charge in [0.25, 0.3) is 0 Å². The van der Waals surface area contributed by atoms with E-state index in [0.717, 1.165) is 19.4 Å². The molecule has 144 valence electrons. The molecule has 0 bridgehead atoms. The van der Waals surface area contributed by atoms with Gasteiger partial charge in [-0.3, -0.25) is 4.79 Å². The van der Waals surface area contributed by atoms with Gasteiger partial charge in [-0.1, -0.05) is 12.1 Å². The number of hydrogen-bond donors (Lipinski definition) is 2. The molecule has 1 aliphatic heterocycles. The third kappa shape index (κ3) is 5.69. The molecule has 1 aliphatic rings. The quantitative estimate of drug-likeness (QED) is 0.801. The largest absolute Gasteiger partial charge is 0.441 e. The van der Waals surface area contributed by atoms with Gasteiger partial charge in [-0.25, -0.2) is 9.37 Å². The predicted molar refractivity (Wildman–Crippen MR) is 103 cm³/mol. The molecule has 5 nitrogen and oxygen atoms in total. The van der Waals surface area contributed by atoms with Crippen LogP contribution < -0.4 is 10.6 Å². The summed E-state index contributed by atoms with van der Waals surface area (Å²) in [6, 6.07) is 6.85. The molecular formula is C18H24Cl2FN3O2. The number of benzene rings is 1. The topological polar surface area (TPSA) is 67.2 Å². The highest BCUT2D eigenvalue weighted by molar-refractivity contribution is 5.85. The van der Waals surface area contributed by atoms with Gasteiger partial charge >= 0.3 is 0 Å². The summed E-state index contributed by atoms with van der Waals surface area (Å²) in [5, 5.41) is 6.41. The predicted octanol–water partition coefficient (Wildman–Crippen LogP) is 3.51. The maximum atomic E-state index is 13.7. The molecule has 3 rings (SSSR count). The Balaban J connectivity index is 0.00000169. The molecule has 2 atom stereocenters. The number of oxazole rings is 1. The Bertz CT molecular complexity index is 711. The van der Waals surface area contributed by atoms with E-state index in [2.05, 4.69) is 22.5 Å². The number of carbonyl (C=O) groups is 1. The molecule has 0 aliphatic carbocycles. The second-order valence-electron chi connectivity index (χ2n) is 6.16. The molecule has 2 unspecified atom stereocenters. The summed E-state index contributed by atoms with van der Waals surface area (Å²) in [7, 11) is 0. The monoisotopic (exact) mass is 403 g/mol. The fraction of sp³-hybridized carbons (Fsp3) is 0.444. The summed E-state index contributed by atoms with van der Waals surface area (Å²) in [5.41, 5.74) is 0.378. The second kappa shape index (κ2) is 10.5. The fourth-order valence-electron chi connectivity index (χ4n) is 2.95. The Kier molecular flexibility index (Phi) is 9.05. The fourth-order valence-corrected chi connectivity index (χ4v) is 2.95. The first-order valence-corrected chi connectivity index (χ1v) is 8.36. The number of aromatic nitrogens is 1. The number of nitrogens with one attached hydrogen (secondary N) is 2. The zero-order valence-corrected chi connectivity index (χ0v) is 16.2. The van der Waals surface area contributed by atoms with Crippen LogP contribution in [0.4, 0.5) is 4.39 Å². The molecule has 1 saturated heterocycles. The Morgan fingerprint density at radius 1 is 1.38 bits per heavy atom. The van der Waals surface area contributed by atoms with Gasteiger partial charge in [0.15, 0.2) is 11.7 Å². The van der Waals surface area contributed by atoms with E-state index in [0.29, 0.717) is 30.1 Å². The van der Waals surface area contributed by atoms with Gasteiger partial charge in [0.1, 0.15) is 5.82 Å². The number of piperidine rings is 1. The minimum absolute atomic E-state index is 0. The van der Waals surface area contributed by atoms with Crippen molar-refractivity contribution in [3.05, 3.63) is 42.2 Å². The van der Waals surface area contributed by atoms with Crippen LogP contribution in [0.5, 0.6) is 0 Å². The van der Waals surface area contributed by atoms with Gasteiger partial charge in [-0.05, 0) is 38.4 Å². The van der Waals surface area contributed by atoms with E-state index in [1.165, 1.54) is 12.3 Å². The van der Waals surface area contributed by atoms with E-state index < -0.39 is 0 Å². The molecule has 8 heteroatoms. The van der Waals surface area contributed by atoms with E-state index in [4.69, 9.17) is 4.42 Å². The van der Waals surface area contributed by atoms with Crippen LogP contribution in [0.25, 0.3) is 11.3 Å². The van der Waals surface area contributed by atoms with Crippen LogP contribution in [-0.4, -0.2) is 29.5 Å². The third-order valence-electron chi connectivity index (χ3n) is 4.37. The number of hydrogen-bond acceptors (Lipinski definition) is 4. The van der Waals surface area contributed by atoms with Crippen LogP contribution in [0.2, 0.25) is 0 Å².